The van der Waals surface area contributed by atoms with Gasteiger partial charge in [0.15, 0.2) is 17.3 Å². The molecule has 0 N–H and O–H groups in total. The molecule has 0 aliphatic rings. The Bertz CT molecular complexity index is 900. The van der Waals surface area contributed by atoms with Crippen molar-refractivity contribution in [2.45, 2.75) is 32.6 Å². The first-order valence-electron chi connectivity index (χ1n) is 10.3. The molecule has 1 aromatic heterocycles. The molecule has 0 saturated heterocycles. The fourth-order valence-corrected chi connectivity index (χ4v) is 2.86. The van der Waals surface area contributed by atoms with E-state index in [9.17, 15) is 9.59 Å². The Kier molecular flexibility index (Phi) is 12.5. The molecule has 0 unspecified atom stereocenters. The minimum atomic E-state index is -0.181. The van der Waals surface area contributed by atoms with Gasteiger partial charge in [0.25, 0.3) is 0 Å². The monoisotopic (exact) mass is 463 g/mol. The van der Waals surface area contributed by atoms with Crippen molar-refractivity contribution >= 4 is 30.2 Å². The summed E-state index contributed by atoms with van der Waals surface area (Å²) in [6.07, 6.45) is 7.46. The second kappa shape index (κ2) is 14.9. The summed E-state index contributed by atoms with van der Waals surface area (Å²) >= 11 is 0. The summed E-state index contributed by atoms with van der Waals surface area (Å²) in [5.74, 6) is 1.23. The lowest BCUT2D eigenvalue weighted by molar-refractivity contribution is -0.143. The van der Waals surface area contributed by atoms with Crippen LogP contribution in [-0.4, -0.2) is 44.2 Å². The quantitative estimate of drug-likeness (QED) is 0.180. The number of nitrogens with zero attached hydrogens (tertiary/aromatic N) is 1. The van der Waals surface area contributed by atoms with Crippen molar-refractivity contribution in [3.63, 3.8) is 0 Å². The molecule has 0 bridgehead atoms. The Labute approximate surface area is 195 Å². The zero-order chi connectivity index (χ0) is 22.5. The Balaban J connectivity index is 0.00000512. The molecule has 0 aliphatic heterocycles. The van der Waals surface area contributed by atoms with Gasteiger partial charge < -0.3 is 18.9 Å². The number of esters is 1. The lowest BCUT2D eigenvalue weighted by Gasteiger charge is -2.11. The second-order valence-electron chi connectivity index (χ2n) is 6.62. The van der Waals surface area contributed by atoms with Crippen LogP contribution in [0.3, 0.4) is 0 Å². The number of benzene rings is 1. The third-order valence-corrected chi connectivity index (χ3v) is 4.44. The number of para-hydroxylation sites is 1. The number of allylic oxidation sites excluding steroid dienone is 1. The average molecular weight is 464 g/mol. The molecule has 7 nitrogen and oxygen atoms in total. The van der Waals surface area contributed by atoms with Gasteiger partial charge in [-0.05, 0) is 50.5 Å². The largest absolute Gasteiger partial charge is 0.496 e. The van der Waals surface area contributed by atoms with Crippen LogP contribution in [0.1, 0.15) is 48.7 Å². The van der Waals surface area contributed by atoms with Crippen molar-refractivity contribution in [3.05, 3.63) is 53.9 Å². The predicted molar refractivity (Wildman–Crippen MR) is 125 cm³/mol. The van der Waals surface area contributed by atoms with Crippen molar-refractivity contribution in [3.8, 4) is 17.2 Å². The van der Waals surface area contributed by atoms with Crippen LogP contribution in [0.25, 0.3) is 6.08 Å². The Morgan fingerprint density at radius 1 is 1.00 bits per heavy atom. The van der Waals surface area contributed by atoms with Crippen molar-refractivity contribution in [1.29, 1.82) is 0 Å². The summed E-state index contributed by atoms with van der Waals surface area (Å²) in [6, 6.07) is 8.77. The normalized spacial score (nSPS) is 10.3. The summed E-state index contributed by atoms with van der Waals surface area (Å²) in [5, 5.41) is 0. The molecule has 0 amide bonds. The molecule has 0 radical (unpaired) electrons. The first-order chi connectivity index (χ1) is 15.1. The van der Waals surface area contributed by atoms with Crippen LogP contribution in [0.15, 0.2) is 42.6 Å². The lowest BCUT2D eigenvalue weighted by Crippen LogP contribution is -2.04. The SMILES string of the molecule is CCOC(=O)CCCCCOc1cc(C=CC(=O)c2ccccc2OC)ncc1OC.Cl. The van der Waals surface area contributed by atoms with Gasteiger partial charge in [0, 0.05) is 12.5 Å². The molecule has 32 heavy (non-hydrogen) atoms. The maximum Gasteiger partial charge on any atom is 0.305 e. The third-order valence-electron chi connectivity index (χ3n) is 4.44. The van der Waals surface area contributed by atoms with Crippen LogP contribution < -0.4 is 14.2 Å². The Morgan fingerprint density at radius 2 is 1.75 bits per heavy atom. The number of carbonyl (C=O) groups is 2. The highest BCUT2D eigenvalue weighted by atomic mass is 35.5. The third kappa shape index (κ3) is 8.59. The Morgan fingerprint density at radius 3 is 2.47 bits per heavy atom. The van der Waals surface area contributed by atoms with E-state index in [1.165, 1.54) is 13.2 Å². The van der Waals surface area contributed by atoms with Crippen LogP contribution in [0.5, 0.6) is 17.2 Å². The number of carbonyl (C=O) groups excluding carboxylic acids is 2. The van der Waals surface area contributed by atoms with E-state index in [4.69, 9.17) is 18.9 Å². The lowest BCUT2D eigenvalue weighted by atomic mass is 10.1. The Hall–Kier alpha value is -3.06. The van der Waals surface area contributed by atoms with E-state index in [2.05, 4.69) is 4.98 Å². The molecular formula is C24H30ClNO6. The summed E-state index contributed by atoms with van der Waals surface area (Å²) in [6.45, 7) is 2.68. The van der Waals surface area contributed by atoms with E-state index >= 15 is 0 Å². The molecular weight excluding hydrogens is 434 g/mol. The average Bonchev–Trinajstić information content (AvgIpc) is 2.79. The van der Waals surface area contributed by atoms with Crippen LogP contribution >= 0.6 is 12.4 Å². The number of ether oxygens (including phenoxy) is 4. The van der Waals surface area contributed by atoms with Crippen molar-refractivity contribution < 1.29 is 28.5 Å². The standard InChI is InChI=1S/C24H29NO6.ClH/c1-4-30-24(27)12-6-5-9-15-31-22-16-18(25-17-23(22)29-3)13-14-20(26)19-10-7-8-11-21(19)28-2;/h7-8,10-11,13-14,16-17H,4-6,9,12,15H2,1-3H3;1H. The molecule has 0 fully saturated rings. The second-order valence-corrected chi connectivity index (χ2v) is 6.62. The number of pyridine rings is 1. The van der Waals surface area contributed by atoms with Gasteiger partial charge in [-0.2, -0.15) is 0 Å². The number of halogens is 1. The first kappa shape index (κ1) is 27.0. The smallest absolute Gasteiger partial charge is 0.305 e. The van der Waals surface area contributed by atoms with Crippen LogP contribution in [-0.2, 0) is 9.53 Å². The zero-order valence-corrected chi connectivity index (χ0v) is 19.5. The van der Waals surface area contributed by atoms with Crippen molar-refractivity contribution in [2.24, 2.45) is 0 Å². The maximum absolute atomic E-state index is 12.5. The van der Waals surface area contributed by atoms with E-state index in [-0.39, 0.29) is 24.2 Å². The molecule has 8 heteroatoms. The van der Waals surface area contributed by atoms with Gasteiger partial charge in [0.1, 0.15) is 5.75 Å². The van der Waals surface area contributed by atoms with E-state index in [0.717, 1.165) is 19.3 Å². The number of hydrogen-bond donors (Lipinski definition) is 0. The van der Waals surface area contributed by atoms with Gasteiger partial charge in [-0.15, -0.1) is 12.4 Å². The highest BCUT2D eigenvalue weighted by molar-refractivity contribution is 6.08. The summed E-state index contributed by atoms with van der Waals surface area (Å²) < 4.78 is 21.3. The van der Waals surface area contributed by atoms with Crippen molar-refractivity contribution in [1.82, 2.24) is 4.98 Å². The van der Waals surface area contributed by atoms with Gasteiger partial charge in [-0.1, -0.05) is 12.1 Å². The molecule has 0 saturated carbocycles. The number of rotatable bonds is 13. The molecule has 0 atom stereocenters. The number of aromatic nitrogens is 1. The summed E-state index contributed by atoms with van der Waals surface area (Å²) in [4.78, 5) is 28.1. The van der Waals surface area contributed by atoms with Crippen LogP contribution in [0.2, 0.25) is 0 Å². The molecule has 0 aliphatic carbocycles. The minimum Gasteiger partial charge on any atom is -0.496 e. The van der Waals surface area contributed by atoms with Crippen LogP contribution in [0, 0.1) is 0 Å². The molecule has 1 aromatic carbocycles. The van der Waals surface area contributed by atoms with Gasteiger partial charge in [0.2, 0.25) is 0 Å². The predicted octanol–water partition coefficient (Wildman–Crippen LogP) is 4.92. The molecule has 2 rings (SSSR count). The maximum atomic E-state index is 12.5. The molecule has 174 valence electrons. The minimum absolute atomic E-state index is 0. The highest BCUT2D eigenvalue weighted by Crippen LogP contribution is 2.27. The van der Waals surface area contributed by atoms with Crippen molar-refractivity contribution in [2.75, 3.05) is 27.4 Å². The summed E-state index contributed by atoms with van der Waals surface area (Å²) in [7, 11) is 3.07. The van der Waals surface area contributed by atoms with Crippen LogP contribution in [0.4, 0.5) is 0 Å². The van der Waals surface area contributed by atoms with E-state index in [0.29, 0.717) is 48.1 Å². The highest BCUT2D eigenvalue weighted by Gasteiger charge is 2.10. The molecule has 1 heterocycles. The topological polar surface area (TPSA) is 84.0 Å². The fraction of sp³-hybridized carbons (Fsp3) is 0.375. The van der Waals surface area contributed by atoms with E-state index in [1.807, 2.05) is 6.07 Å². The molecule has 0 spiro atoms. The first-order valence-corrected chi connectivity index (χ1v) is 10.3. The molecule has 2 aromatic rings. The van der Waals surface area contributed by atoms with E-state index in [1.54, 1.807) is 50.6 Å². The van der Waals surface area contributed by atoms with Gasteiger partial charge in [-0.25, -0.2) is 0 Å². The summed E-state index contributed by atoms with van der Waals surface area (Å²) in [5.41, 5.74) is 1.05. The number of hydrogen-bond acceptors (Lipinski definition) is 7. The van der Waals surface area contributed by atoms with Gasteiger partial charge in [-0.3, -0.25) is 14.6 Å². The van der Waals surface area contributed by atoms with E-state index < -0.39 is 0 Å². The van der Waals surface area contributed by atoms with Gasteiger partial charge in [0.05, 0.1) is 44.9 Å². The number of unbranched alkanes of at least 4 members (excludes halogenated alkanes) is 2. The number of methoxy groups -OCH3 is 2. The fourth-order valence-electron chi connectivity index (χ4n) is 2.86. The van der Waals surface area contributed by atoms with Gasteiger partial charge >= 0.3 is 5.97 Å². The number of ketones is 1. The zero-order valence-electron chi connectivity index (χ0n) is 18.7.